The normalized spacial score (nSPS) is 12.8. The minimum absolute atomic E-state index is 0.0222. The van der Waals surface area contributed by atoms with Crippen molar-refractivity contribution in [1.29, 1.82) is 0 Å². The predicted molar refractivity (Wildman–Crippen MR) is 136 cm³/mol. The van der Waals surface area contributed by atoms with Gasteiger partial charge in [-0.05, 0) is 57.2 Å². The van der Waals surface area contributed by atoms with Crippen molar-refractivity contribution in [2.24, 2.45) is 0 Å². The van der Waals surface area contributed by atoms with Gasteiger partial charge in [0.05, 0.1) is 27.4 Å². The number of aliphatic hydroxyl groups excluding tert-OH is 1. The van der Waals surface area contributed by atoms with Gasteiger partial charge in [0.15, 0.2) is 0 Å². The molecule has 1 atom stereocenters. The molecular weight excluding hydrogens is 496 g/mol. The molecule has 0 aliphatic rings. The lowest BCUT2D eigenvalue weighted by Gasteiger charge is -2.20. The first-order chi connectivity index (χ1) is 17.4. The summed E-state index contributed by atoms with van der Waals surface area (Å²) in [6, 6.07) is 13.6. The molecule has 37 heavy (non-hydrogen) atoms. The fourth-order valence-electron chi connectivity index (χ4n) is 3.73. The van der Waals surface area contributed by atoms with Crippen LogP contribution in [0, 0.1) is 0 Å². The lowest BCUT2D eigenvalue weighted by atomic mass is 10.0. The maximum atomic E-state index is 13.2. The molecule has 4 rings (SSSR count). The van der Waals surface area contributed by atoms with Crippen LogP contribution in [0.4, 0.5) is 0 Å². The standard InChI is InChI=1S/C26H26N4O6S/c1-26(2,3)36-25(33)16-14-19(29-20(15-16)24(32)27-4)23(31)22-18-11-13-30(21(18)10-12-28-22)37(34,35)17-8-6-5-7-9-17/h5-15,23,31H,1-4H3,(H,27,32). The second-order valence-electron chi connectivity index (χ2n) is 9.21. The number of aliphatic hydroxyl groups is 1. The van der Waals surface area contributed by atoms with E-state index in [0.717, 1.165) is 3.97 Å². The molecule has 4 aromatic rings. The van der Waals surface area contributed by atoms with Gasteiger partial charge < -0.3 is 15.2 Å². The molecule has 0 aliphatic heterocycles. The molecule has 0 saturated heterocycles. The Bertz CT molecular complexity index is 1590. The van der Waals surface area contributed by atoms with E-state index in [1.54, 1.807) is 39.0 Å². The minimum atomic E-state index is -3.91. The fraction of sp³-hybridized carbons (Fsp3) is 0.231. The third-order valence-corrected chi connectivity index (χ3v) is 7.09. The molecule has 0 radical (unpaired) electrons. The second kappa shape index (κ2) is 9.75. The molecule has 192 valence electrons. The Labute approximate surface area is 214 Å². The zero-order valence-electron chi connectivity index (χ0n) is 20.7. The predicted octanol–water partition coefficient (Wildman–Crippen LogP) is 3.06. The Balaban J connectivity index is 1.82. The SMILES string of the molecule is CNC(=O)c1cc(C(=O)OC(C)(C)C)cc(C(O)c2nccc3c2ccn3S(=O)(=O)c2ccccc2)n1. The van der Waals surface area contributed by atoms with Crippen molar-refractivity contribution in [2.45, 2.75) is 37.4 Å². The number of hydrogen-bond donors (Lipinski definition) is 2. The molecule has 0 saturated carbocycles. The van der Waals surface area contributed by atoms with Crippen LogP contribution in [0.5, 0.6) is 0 Å². The van der Waals surface area contributed by atoms with Gasteiger partial charge in [-0.2, -0.15) is 0 Å². The number of benzene rings is 1. The lowest BCUT2D eigenvalue weighted by Crippen LogP contribution is -2.25. The van der Waals surface area contributed by atoms with Crippen molar-refractivity contribution in [3.8, 4) is 0 Å². The first-order valence-corrected chi connectivity index (χ1v) is 12.8. The zero-order valence-corrected chi connectivity index (χ0v) is 21.5. The van der Waals surface area contributed by atoms with E-state index in [4.69, 9.17) is 4.74 Å². The molecule has 1 aromatic carbocycles. The van der Waals surface area contributed by atoms with Gasteiger partial charge in [0.25, 0.3) is 15.9 Å². The molecule has 0 fully saturated rings. The van der Waals surface area contributed by atoms with E-state index in [0.29, 0.717) is 10.9 Å². The number of esters is 1. The van der Waals surface area contributed by atoms with Crippen LogP contribution in [0.1, 0.15) is 59.1 Å². The molecule has 10 nitrogen and oxygen atoms in total. The van der Waals surface area contributed by atoms with E-state index in [9.17, 15) is 23.1 Å². The van der Waals surface area contributed by atoms with Gasteiger partial charge in [0.2, 0.25) is 0 Å². The highest BCUT2D eigenvalue weighted by Crippen LogP contribution is 2.30. The smallest absolute Gasteiger partial charge is 0.338 e. The molecule has 1 amide bonds. The van der Waals surface area contributed by atoms with Crippen LogP contribution in [0.3, 0.4) is 0 Å². The molecule has 11 heteroatoms. The van der Waals surface area contributed by atoms with Gasteiger partial charge in [-0.3, -0.25) is 9.78 Å². The molecule has 2 N–H and O–H groups in total. The van der Waals surface area contributed by atoms with E-state index in [1.807, 2.05) is 0 Å². The van der Waals surface area contributed by atoms with Crippen molar-refractivity contribution >= 4 is 32.8 Å². The first-order valence-electron chi connectivity index (χ1n) is 11.3. The van der Waals surface area contributed by atoms with Crippen LogP contribution in [-0.4, -0.2) is 52.0 Å². The lowest BCUT2D eigenvalue weighted by molar-refractivity contribution is 0.00690. The minimum Gasteiger partial charge on any atom is -0.456 e. The van der Waals surface area contributed by atoms with Crippen molar-refractivity contribution < 1.29 is 27.9 Å². The van der Waals surface area contributed by atoms with Crippen LogP contribution in [0.25, 0.3) is 10.9 Å². The largest absolute Gasteiger partial charge is 0.456 e. The van der Waals surface area contributed by atoms with Crippen LogP contribution >= 0.6 is 0 Å². The van der Waals surface area contributed by atoms with Gasteiger partial charge >= 0.3 is 5.97 Å². The summed E-state index contributed by atoms with van der Waals surface area (Å²) < 4.78 is 33.0. The summed E-state index contributed by atoms with van der Waals surface area (Å²) in [6.07, 6.45) is 1.27. The highest BCUT2D eigenvalue weighted by Gasteiger charge is 2.26. The second-order valence-corrected chi connectivity index (χ2v) is 11.0. The molecule has 0 bridgehead atoms. The quantitative estimate of drug-likeness (QED) is 0.368. The van der Waals surface area contributed by atoms with Crippen molar-refractivity contribution in [3.63, 3.8) is 0 Å². The first kappa shape index (κ1) is 26.0. The number of carbonyl (C=O) groups excluding carboxylic acids is 2. The number of nitrogens with zero attached hydrogens (tertiary/aromatic N) is 3. The molecule has 3 aromatic heterocycles. The molecule has 0 spiro atoms. The van der Waals surface area contributed by atoms with E-state index in [1.165, 1.54) is 55.8 Å². The fourth-order valence-corrected chi connectivity index (χ4v) is 5.10. The maximum absolute atomic E-state index is 13.2. The number of rotatable bonds is 6. The van der Waals surface area contributed by atoms with Crippen LogP contribution in [-0.2, 0) is 14.8 Å². The third-order valence-electron chi connectivity index (χ3n) is 5.39. The number of hydrogen-bond acceptors (Lipinski definition) is 8. The van der Waals surface area contributed by atoms with E-state index >= 15 is 0 Å². The number of pyridine rings is 2. The number of fused-ring (bicyclic) bond motifs is 1. The summed E-state index contributed by atoms with van der Waals surface area (Å²) in [5.74, 6) is -1.26. The average Bonchev–Trinajstić information content (AvgIpc) is 3.32. The van der Waals surface area contributed by atoms with E-state index < -0.39 is 33.6 Å². The van der Waals surface area contributed by atoms with Crippen LogP contribution < -0.4 is 5.32 Å². The van der Waals surface area contributed by atoms with Crippen LogP contribution in [0.2, 0.25) is 0 Å². The molecule has 3 heterocycles. The van der Waals surface area contributed by atoms with Gasteiger partial charge in [0, 0.05) is 24.8 Å². The Morgan fingerprint density at radius 3 is 2.43 bits per heavy atom. The van der Waals surface area contributed by atoms with E-state index in [2.05, 4.69) is 15.3 Å². The number of aromatic nitrogens is 3. The Hall–Kier alpha value is -4.09. The Morgan fingerprint density at radius 1 is 1.08 bits per heavy atom. The molecule has 1 unspecified atom stereocenters. The topological polar surface area (TPSA) is 140 Å². The zero-order chi connectivity index (χ0) is 27.0. The maximum Gasteiger partial charge on any atom is 0.338 e. The van der Waals surface area contributed by atoms with Gasteiger partial charge in [-0.1, -0.05) is 18.2 Å². The molecule has 0 aliphatic carbocycles. The highest BCUT2D eigenvalue weighted by atomic mass is 32.2. The monoisotopic (exact) mass is 522 g/mol. The Morgan fingerprint density at radius 2 is 1.78 bits per heavy atom. The van der Waals surface area contributed by atoms with Gasteiger partial charge in [-0.15, -0.1) is 0 Å². The van der Waals surface area contributed by atoms with Crippen molar-refractivity contribution in [2.75, 3.05) is 7.05 Å². The van der Waals surface area contributed by atoms with Crippen molar-refractivity contribution in [1.82, 2.24) is 19.3 Å². The van der Waals surface area contributed by atoms with E-state index in [-0.39, 0.29) is 27.5 Å². The van der Waals surface area contributed by atoms with Gasteiger partial charge in [0.1, 0.15) is 17.4 Å². The highest BCUT2D eigenvalue weighted by molar-refractivity contribution is 7.90. The third kappa shape index (κ3) is 5.23. The number of ether oxygens (including phenoxy) is 1. The summed E-state index contributed by atoms with van der Waals surface area (Å²) >= 11 is 0. The van der Waals surface area contributed by atoms with Crippen molar-refractivity contribution in [3.05, 3.63) is 89.6 Å². The van der Waals surface area contributed by atoms with Gasteiger partial charge in [-0.25, -0.2) is 22.2 Å². The number of nitrogens with one attached hydrogen (secondary N) is 1. The summed E-state index contributed by atoms with van der Waals surface area (Å²) in [6.45, 7) is 5.13. The number of carbonyl (C=O) groups is 2. The summed E-state index contributed by atoms with van der Waals surface area (Å²) in [5.41, 5.74) is -0.489. The number of amides is 1. The average molecular weight is 523 g/mol. The van der Waals surface area contributed by atoms with Crippen LogP contribution in [0.15, 0.2) is 71.9 Å². The summed E-state index contributed by atoms with van der Waals surface area (Å²) in [5, 5.41) is 14.1. The summed E-state index contributed by atoms with van der Waals surface area (Å²) in [7, 11) is -2.49. The molecular formula is C26H26N4O6S. The Kier molecular flexibility index (Phi) is 6.85. The summed E-state index contributed by atoms with van der Waals surface area (Å²) in [4.78, 5) is 33.7.